The number of ether oxygens (including phenoxy) is 1. The zero-order valence-electron chi connectivity index (χ0n) is 10.0. The minimum absolute atomic E-state index is 0. The van der Waals surface area contributed by atoms with Gasteiger partial charge in [0.2, 0.25) is 5.91 Å². The van der Waals surface area contributed by atoms with Gasteiger partial charge in [-0.1, -0.05) is 0 Å². The van der Waals surface area contributed by atoms with Crippen molar-refractivity contribution < 1.29 is 9.53 Å². The van der Waals surface area contributed by atoms with Gasteiger partial charge in [0.05, 0.1) is 19.3 Å². The largest absolute Gasteiger partial charge is 0.375 e. The molecule has 104 valence electrons. The number of carbonyl (C=O) groups excluding carboxylic acids is 1. The van der Waals surface area contributed by atoms with Gasteiger partial charge < -0.3 is 20.4 Å². The zero-order valence-corrected chi connectivity index (χ0v) is 11.6. The van der Waals surface area contributed by atoms with Crippen molar-refractivity contribution in [3.05, 3.63) is 18.2 Å². The quantitative estimate of drug-likeness (QED) is 0.747. The first-order chi connectivity index (χ1) is 7.77. The topological polar surface area (TPSA) is 79.0 Å². The molecular formula is C10H18Cl2N4O2. The molecule has 0 radical (unpaired) electrons. The molecule has 0 aromatic carbocycles. The van der Waals surface area contributed by atoms with Gasteiger partial charge in [0, 0.05) is 18.9 Å². The SMILES string of the molecule is C[C@H]1OCCN[C@@H]1C(=O)NCc1ncc[nH]1.Cl.Cl. The molecule has 8 heteroatoms. The second-order valence-electron chi connectivity index (χ2n) is 3.76. The Morgan fingerprint density at radius 1 is 1.61 bits per heavy atom. The summed E-state index contributed by atoms with van der Waals surface area (Å²) in [6, 6.07) is -0.274. The van der Waals surface area contributed by atoms with Crippen LogP contribution >= 0.6 is 24.8 Å². The third-order valence-corrected chi connectivity index (χ3v) is 2.58. The van der Waals surface area contributed by atoms with Gasteiger partial charge in [-0.3, -0.25) is 4.79 Å². The maximum atomic E-state index is 11.8. The Morgan fingerprint density at radius 2 is 2.39 bits per heavy atom. The van der Waals surface area contributed by atoms with E-state index >= 15 is 0 Å². The molecular weight excluding hydrogens is 279 g/mol. The van der Waals surface area contributed by atoms with Crippen molar-refractivity contribution in [3.63, 3.8) is 0 Å². The van der Waals surface area contributed by atoms with Gasteiger partial charge in [0.25, 0.3) is 0 Å². The molecule has 2 heterocycles. The van der Waals surface area contributed by atoms with Gasteiger partial charge in [-0.15, -0.1) is 24.8 Å². The van der Waals surface area contributed by atoms with E-state index in [9.17, 15) is 4.79 Å². The molecule has 3 N–H and O–H groups in total. The van der Waals surface area contributed by atoms with Crippen LogP contribution in [0.5, 0.6) is 0 Å². The van der Waals surface area contributed by atoms with E-state index in [1.807, 2.05) is 6.92 Å². The van der Waals surface area contributed by atoms with Crippen molar-refractivity contribution in [1.82, 2.24) is 20.6 Å². The molecule has 1 aliphatic rings. The first-order valence-corrected chi connectivity index (χ1v) is 5.38. The number of imidazole rings is 1. The summed E-state index contributed by atoms with van der Waals surface area (Å²) in [7, 11) is 0. The van der Waals surface area contributed by atoms with Crippen LogP contribution in [0, 0.1) is 0 Å². The highest BCUT2D eigenvalue weighted by molar-refractivity contribution is 5.85. The second kappa shape index (κ2) is 8.31. The first-order valence-electron chi connectivity index (χ1n) is 5.38. The number of rotatable bonds is 3. The maximum absolute atomic E-state index is 11.8. The normalized spacial score (nSPS) is 22.5. The molecule has 1 amide bonds. The number of carbonyl (C=O) groups is 1. The Labute approximate surface area is 118 Å². The number of halogens is 2. The molecule has 1 aromatic heterocycles. The molecule has 0 spiro atoms. The third-order valence-electron chi connectivity index (χ3n) is 2.58. The van der Waals surface area contributed by atoms with Crippen LogP contribution in [0.25, 0.3) is 0 Å². The summed E-state index contributed by atoms with van der Waals surface area (Å²) < 4.78 is 5.40. The molecule has 0 unspecified atom stereocenters. The molecule has 1 fully saturated rings. The summed E-state index contributed by atoms with van der Waals surface area (Å²) in [4.78, 5) is 18.8. The first kappa shape index (κ1) is 17.2. The summed E-state index contributed by atoms with van der Waals surface area (Å²) in [5, 5.41) is 5.94. The fraction of sp³-hybridized carbons (Fsp3) is 0.600. The van der Waals surface area contributed by atoms with Gasteiger partial charge in [-0.05, 0) is 6.92 Å². The summed E-state index contributed by atoms with van der Waals surface area (Å²) in [5.74, 6) is 0.696. The van der Waals surface area contributed by atoms with E-state index in [1.54, 1.807) is 12.4 Å². The Bertz CT molecular complexity index is 348. The number of H-pyrrole nitrogens is 1. The third kappa shape index (κ3) is 4.45. The summed E-state index contributed by atoms with van der Waals surface area (Å²) >= 11 is 0. The van der Waals surface area contributed by atoms with Crippen molar-refractivity contribution in [3.8, 4) is 0 Å². The summed E-state index contributed by atoms with van der Waals surface area (Å²) in [5.41, 5.74) is 0. The van der Waals surface area contributed by atoms with Crippen LogP contribution in [-0.4, -0.2) is 41.2 Å². The van der Waals surface area contributed by atoms with Crippen molar-refractivity contribution in [2.24, 2.45) is 0 Å². The summed E-state index contributed by atoms with van der Waals surface area (Å²) in [6.07, 6.45) is 3.29. The predicted molar refractivity (Wildman–Crippen MR) is 72.1 cm³/mol. The molecule has 1 aliphatic heterocycles. The molecule has 1 aromatic rings. The minimum Gasteiger partial charge on any atom is -0.375 e. The molecule has 6 nitrogen and oxygen atoms in total. The van der Waals surface area contributed by atoms with Gasteiger partial charge in [-0.2, -0.15) is 0 Å². The summed E-state index contributed by atoms with van der Waals surface area (Å²) in [6.45, 7) is 3.67. The van der Waals surface area contributed by atoms with Gasteiger partial charge >= 0.3 is 0 Å². The van der Waals surface area contributed by atoms with Crippen molar-refractivity contribution in [2.75, 3.05) is 13.2 Å². The number of nitrogens with zero attached hydrogens (tertiary/aromatic N) is 1. The molecule has 1 saturated heterocycles. The number of amides is 1. The molecule has 0 saturated carbocycles. The van der Waals surface area contributed by atoms with Crippen molar-refractivity contribution in [2.45, 2.75) is 25.6 Å². The van der Waals surface area contributed by atoms with Crippen molar-refractivity contribution in [1.29, 1.82) is 0 Å². The fourth-order valence-corrected chi connectivity index (χ4v) is 1.70. The lowest BCUT2D eigenvalue weighted by atomic mass is 10.1. The number of aromatic nitrogens is 2. The Morgan fingerprint density at radius 3 is 3.00 bits per heavy atom. The van der Waals surface area contributed by atoms with Gasteiger partial charge in [0.1, 0.15) is 11.9 Å². The molecule has 2 atom stereocenters. The highest BCUT2D eigenvalue weighted by atomic mass is 35.5. The highest BCUT2D eigenvalue weighted by Crippen LogP contribution is 2.04. The Hall–Kier alpha value is -0.820. The van der Waals surface area contributed by atoms with E-state index in [1.165, 1.54) is 0 Å². The smallest absolute Gasteiger partial charge is 0.240 e. The zero-order chi connectivity index (χ0) is 11.4. The van der Waals surface area contributed by atoms with Gasteiger partial charge in [0.15, 0.2) is 0 Å². The number of aromatic amines is 1. The predicted octanol–water partition coefficient (Wildman–Crippen LogP) is 0.246. The Kier molecular flexibility index (Phi) is 7.93. The van der Waals surface area contributed by atoms with Crippen LogP contribution in [0.3, 0.4) is 0 Å². The van der Waals surface area contributed by atoms with Crippen LogP contribution in [0.1, 0.15) is 12.7 Å². The van der Waals surface area contributed by atoms with E-state index in [4.69, 9.17) is 4.74 Å². The number of morpholine rings is 1. The van der Waals surface area contributed by atoms with Crippen LogP contribution < -0.4 is 10.6 Å². The van der Waals surface area contributed by atoms with E-state index in [0.717, 1.165) is 5.82 Å². The maximum Gasteiger partial charge on any atom is 0.240 e. The molecule has 0 aliphatic carbocycles. The van der Waals surface area contributed by atoms with E-state index in [0.29, 0.717) is 19.7 Å². The second-order valence-corrected chi connectivity index (χ2v) is 3.76. The van der Waals surface area contributed by atoms with E-state index in [-0.39, 0.29) is 42.9 Å². The molecule has 18 heavy (non-hydrogen) atoms. The lowest BCUT2D eigenvalue weighted by Crippen LogP contribution is -2.55. The Balaban J connectivity index is 0.00000144. The highest BCUT2D eigenvalue weighted by Gasteiger charge is 2.27. The standard InChI is InChI=1S/C10H16N4O2.2ClH/c1-7-9(13-4-5-16-7)10(15)14-6-8-11-2-3-12-8;;/h2-3,7,9,13H,4-6H2,1H3,(H,11,12)(H,14,15);2*1H/t7-,9+;;/m1../s1. The van der Waals surface area contributed by atoms with E-state index < -0.39 is 0 Å². The average molecular weight is 297 g/mol. The van der Waals surface area contributed by atoms with E-state index in [2.05, 4.69) is 20.6 Å². The fourth-order valence-electron chi connectivity index (χ4n) is 1.70. The van der Waals surface area contributed by atoms with Gasteiger partial charge in [-0.25, -0.2) is 4.98 Å². The number of hydrogen-bond acceptors (Lipinski definition) is 4. The number of nitrogens with one attached hydrogen (secondary N) is 3. The van der Waals surface area contributed by atoms with Crippen LogP contribution in [0.4, 0.5) is 0 Å². The van der Waals surface area contributed by atoms with Crippen molar-refractivity contribution >= 4 is 30.7 Å². The molecule has 0 bridgehead atoms. The lowest BCUT2D eigenvalue weighted by molar-refractivity contribution is -0.129. The van der Waals surface area contributed by atoms with Crippen LogP contribution in [0.15, 0.2) is 12.4 Å². The molecule has 2 rings (SSSR count). The average Bonchev–Trinajstić information content (AvgIpc) is 2.79. The van der Waals surface area contributed by atoms with Crippen LogP contribution in [0.2, 0.25) is 0 Å². The monoisotopic (exact) mass is 296 g/mol. The number of hydrogen-bond donors (Lipinski definition) is 3. The minimum atomic E-state index is -0.274. The lowest BCUT2D eigenvalue weighted by Gasteiger charge is -2.29. The van der Waals surface area contributed by atoms with Crippen LogP contribution in [-0.2, 0) is 16.1 Å².